The molecule has 0 aliphatic carbocycles. The van der Waals surface area contributed by atoms with Crippen molar-refractivity contribution in [3.05, 3.63) is 45.2 Å². The Bertz CT molecular complexity index is 962. The minimum Gasteiger partial charge on any atom is -0.345 e. The predicted molar refractivity (Wildman–Crippen MR) is 106 cm³/mol. The molecule has 0 saturated carbocycles. The van der Waals surface area contributed by atoms with E-state index >= 15 is 0 Å². The molecule has 3 rings (SSSR count). The summed E-state index contributed by atoms with van der Waals surface area (Å²) in [5.74, 6) is -0.539. The van der Waals surface area contributed by atoms with Crippen molar-refractivity contribution in [3.63, 3.8) is 0 Å². The zero-order chi connectivity index (χ0) is 19.8. The number of anilines is 1. The van der Waals surface area contributed by atoms with E-state index in [1.807, 2.05) is 0 Å². The zero-order valence-electron chi connectivity index (χ0n) is 14.3. The third-order valence-electron chi connectivity index (χ3n) is 4.22. The maximum atomic E-state index is 12.6. The van der Waals surface area contributed by atoms with Gasteiger partial charge in [0.2, 0.25) is 10.0 Å². The Morgan fingerprint density at radius 3 is 2.26 bits per heavy atom. The number of aryl methyl sites for hydroxylation is 1. The predicted octanol–water partition coefficient (Wildman–Crippen LogP) is 3.53. The van der Waals surface area contributed by atoms with Crippen LogP contribution in [0.1, 0.15) is 23.3 Å². The lowest BCUT2D eigenvalue weighted by atomic mass is 10.3. The molecule has 1 amide bonds. The average molecular weight is 452 g/mol. The number of nitrogens with zero attached hydrogens (tertiary/aromatic N) is 2. The molecule has 11 heteroatoms. The van der Waals surface area contributed by atoms with E-state index in [2.05, 4.69) is 10.9 Å². The first kappa shape index (κ1) is 20.3. The third kappa shape index (κ3) is 4.20. The summed E-state index contributed by atoms with van der Waals surface area (Å²) in [5, 5.41) is 0.829. The third-order valence-corrected chi connectivity index (χ3v) is 6.90. The second-order valence-corrected chi connectivity index (χ2v) is 9.30. The van der Waals surface area contributed by atoms with Gasteiger partial charge in [0, 0.05) is 31.4 Å². The van der Waals surface area contributed by atoms with Crippen LogP contribution < -0.4 is 10.9 Å². The Morgan fingerprint density at radius 1 is 1.07 bits per heavy atom. The topological polar surface area (TPSA) is 83.4 Å². The van der Waals surface area contributed by atoms with Crippen LogP contribution in [-0.2, 0) is 17.1 Å². The Hall–Kier alpha value is -1.45. The van der Waals surface area contributed by atoms with Crippen LogP contribution in [0.2, 0.25) is 15.1 Å². The summed E-state index contributed by atoms with van der Waals surface area (Å²) in [5.41, 5.74) is 5.56. The van der Waals surface area contributed by atoms with Gasteiger partial charge < -0.3 is 4.57 Å². The molecule has 1 aromatic heterocycles. The number of nitrogens with one attached hydrogen (secondary N) is 2. The molecule has 0 atom stereocenters. The van der Waals surface area contributed by atoms with Crippen LogP contribution in [0.5, 0.6) is 0 Å². The number of carbonyl (C=O) groups excluding carboxylic acids is 1. The number of hydrogen-bond acceptors (Lipinski definition) is 4. The molecule has 1 fully saturated rings. The summed E-state index contributed by atoms with van der Waals surface area (Å²) < 4.78 is 28.2. The van der Waals surface area contributed by atoms with E-state index < -0.39 is 15.9 Å². The summed E-state index contributed by atoms with van der Waals surface area (Å²) >= 11 is 18.0. The van der Waals surface area contributed by atoms with Crippen molar-refractivity contribution >= 4 is 56.4 Å². The van der Waals surface area contributed by atoms with Crippen LogP contribution in [0.3, 0.4) is 0 Å². The molecule has 146 valence electrons. The van der Waals surface area contributed by atoms with Gasteiger partial charge in [-0.25, -0.2) is 8.42 Å². The van der Waals surface area contributed by atoms with Crippen molar-refractivity contribution in [1.29, 1.82) is 0 Å². The molecule has 0 radical (unpaired) electrons. The van der Waals surface area contributed by atoms with Crippen molar-refractivity contribution < 1.29 is 13.2 Å². The van der Waals surface area contributed by atoms with Crippen molar-refractivity contribution in [1.82, 2.24) is 14.3 Å². The zero-order valence-corrected chi connectivity index (χ0v) is 17.4. The quantitative estimate of drug-likeness (QED) is 0.681. The number of sulfonamides is 1. The normalized spacial score (nSPS) is 15.1. The molecule has 2 aromatic rings. The number of halogens is 3. The number of aromatic nitrogens is 1. The van der Waals surface area contributed by atoms with E-state index in [0.29, 0.717) is 18.1 Å². The molecule has 27 heavy (non-hydrogen) atoms. The van der Waals surface area contributed by atoms with E-state index in [9.17, 15) is 13.2 Å². The van der Waals surface area contributed by atoms with Gasteiger partial charge in [0.05, 0.1) is 15.7 Å². The van der Waals surface area contributed by atoms with Gasteiger partial charge in [-0.15, -0.1) is 0 Å². The Balaban J connectivity index is 1.77. The lowest BCUT2D eigenvalue weighted by Crippen LogP contribution is -2.31. The highest BCUT2D eigenvalue weighted by molar-refractivity contribution is 7.89. The van der Waals surface area contributed by atoms with Gasteiger partial charge in [-0.1, -0.05) is 34.8 Å². The second-order valence-electron chi connectivity index (χ2n) is 6.11. The van der Waals surface area contributed by atoms with E-state index in [0.717, 1.165) is 12.8 Å². The number of hydrogen-bond donors (Lipinski definition) is 2. The molecule has 1 aliphatic rings. The number of amides is 1. The van der Waals surface area contributed by atoms with E-state index in [4.69, 9.17) is 34.8 Å². The number of carbonyl (C=O) groups is 1. The van der Waals surface area contributed by atoms with Gasteiger partial charge in [0.15, 0.2) is 0 Å². The highest BCUT2D eigenvalue weighted by Crippen LogP contribution is 2.33. The minimum atomic E-state index is -3.60. The SMILES string of the molecule is Cn1cc(S(=O)(=O)N2CCCC2)cc1C(=O)NNc1c(Cl)cc(Cl)cc1Cl. The summed E-state index contributed by atoms with van der Waals surface area (Å²) in [6.07, 6.45) is 3.10. The molecule has 0 unspecified atom stereocenters. The van der Waals surface area contributed by atoms with Crippen LogP contribution in [0.4, 0.5) is 5.69 Å². The maximum absolute atomic E-state index is 12.6. The first-order chi connectivity index (χ1) is 12.7. The van der Waals surface area contributed by atoms with E-state index in [1.165, 1.54) is 33.3 Å². The van der Waals surface area contributed by atoms with Crippen molar-refractivity contribution in [2.45, 2.75) is 17.7 Å². The maximum Gasteiger partial charge on any atom is 0.286 e. The lowest BCUT2D eigenvalue weighted by Gasteiger charge is -2.13. The van der Waals surface area contributed by atoms with Crippen molar-refractivity contribution in [2.24, 2.45) is 7.05 Å². The first-order valence-electron chi connectivity index (χ1n) is 8.07. The first-order valence-corrected chi connectivity index (χ1v) is 10.6. The fourth-order valence-corrected chi connectivity index (χ4v) is 5.32. The highest BCUT2D eigenvalue weighted by Gasteiger charge is 2.29. The number of benzene rings is 1. The average Bonchev–Trinajstić information content (AvgIpc) is 3.23. The molecule has 1 aliphatic heterocycles. The van der Waals surface area contributed by atoms with Gasteiger partial charge >= 0.3 is 0 Å². The molecule has 7 nitrogen and oxygen atoms in total. The molecule has 1 saturated heterocycles. The van der Waals surface area contributed by atoms with Gasteiger partial charge in [-0.2, -0.15) is 4.31 Å². The van der Waals surface area contributed by atoms with Crippen molar-refractivity contribution in [2.75, 3.05) is 18.5 Å². The molecule has 2 heterocycles. The Morgan fingerprint density at radius 2 is 1.67 bits per heavy atom. The smallest absolute Gasteiger partial charge is 0.286 e. The summed E-state index contributed by atoms with van der Waals surface area (Å²) in [6, 6.07) is 4.30. The fourth-order valence-electron chi connectivity index (χ4n) is 2.82. The van der Waals surface area contributed by atoms with Gasteiger partial charge in [-0.05, 0) is 31.0 Å². The largest absolute Gasteiger partial charge is 0.345 e. The molecular formula is C16H17Cl3N4O3S. The van der Waals surface area contributed by atoms with Crippen LogP contribution >= 0.6 is 34.8 Å². The molecule has 0 bridgehead atoms. The lowest BCUT2D eigenvalue weighted by molar-refractivity contribution is 0.0954. The van der Waals surface area contributed by atoms with Crippen molar-refractivity contribution in [3.8, 4) is 0 Å². The molecule has 1 aromatic carbocycles. The summed E-state index contributed by atoms with van der Waals surface area (Å²) in [6.45, 7) is 0.988. The van der Waals surface area contributed by atoms with Gasteiger partial charge in [0.25, 0.3) is 5.91 Å². The molecule has 2 N–H and O–H groups in total. The van der Waals surface area contributed by atoms with E-state index in [-0.39, 0.29) is 26.3 Å². The second kappa shape index (κ2) is 7.89. The number of rotatable bonds is 5. The minimum absolute atomic E-state index is 0.0830. The van der Waals surface area contributed by atoms with Gasteiger partial charge in [0.1, 0.15) is 10.6 Å². The standard InChI is InChI=1S/C16H17Cl3N4O3S/c1-22-9-11(27(25,26)23-4-2-3-5-23)8-14(22)16(24)21-20-15-12(18)6-10(17)7-13(15)19/h6-9,20H,2-5H2,1H3,(H,21,24). The van der Waals surface area contributed by atoms with Crippen LogP contribution in [0.25, 0.3) is 0 Å². The Kier molecular flexibility index (Phi) is 5.93. The van der Waals surface area contributed by atoms with Crippen LogP contribution in [0.15, 0.2) is 29.3 Å². The monoisotopic (exact) mass is 450 g/mol. The molecular weight excluding hydrogens is 435 g/mol. The van der Waals surface area contributed by atoms with Crippen LogP contribution in [0, 0.1) is 0 Å². The number of hydrazine groups is 1. The fraction of sp³-hybridized carbons (Fsp3) is 0.312. The Labute approximate surface area is 172 Å². The molecule has 0 spiro atoms. The van der Waals surface area contributed by atoms with Gasteiger partial charge in [-0.3, -0.25) is 15.6 Å². The van der Waals surface area contributed by atoms with E-state index in [1.54, 1.807) is 7.05 Å². The van der Waals surface area contributed by atoms with Crippen LogP contribution in [-0.4, -0.2) is 36.3 Å². The highest BCUT2D eigenvalue weighted by atomic mass is 35.5. The summed E-state index contributed by atoms with van der Waals surface area (Å²) in [7, 11) is -2.01. The summed E-state index contributed by atoms with van der Waals surface area (Å²) in [4.78, 5) is 12.6.